The quantitative estimate of drug-likeness (QED) is 0.00568. The molecule has 4 aliphatic heterocycles. The van der Waals surface area contributed by atoms with Gasteiger partial charge in [0.05, 0.1) is 176 Å². The number of nitrogens with one attached hydrogen (secondary N) is 2. The number of nitrogens with two attached hydrogens (primary N) is 1. The Bertz CT molecular complexity index is 4930. The van der Waals surface area contributed by atoms with Crippen LogP contribution in [0, 0.1) is 13.8 Å². The van der Waals surface area contributed by atoms with Crippen LogP contribution in [-0.4, -0.2) is 309 Å². The number of ketones is 3. The standard InChI is InChI=1S/C87H118N8O26S4/c1-63-24-26-68(27-25-63)124(106,107)95(86(102)81-69-19-4-6-21-75(69)93(76-22-7-5-20-70(76)81)29-13-57-123(104,105)92-33-31-91(32-34-92)79(99)61-94-84(100)72-59-64(2)58-71-80(72)73(85(94)101)60-78(82(71)88)125(108,109)110)30-9-15-66(97)17-11-36-112-40-44-115-47-50-118-46-42-114-38-28-67(98)18-12-37-113-41-45-117-49-52-120-54-56-121-55-53-119-51-48-116-43-39-111-35-10-16-65(96)14-3-8-23-77-83-74(62-122-77)89-87(103)90-83/h4-7,19-22,24-27,58-60,74,77,83H,3,8-18,23,28-57,61-62H2,1-2H3,(H4-,88,89,90,100,101,103,108,109,110)/p+1. The topological polar surface area (TPSA) is 428 Å². The number of piperazine rings is 1. The number of ether oxygens (including phenoxy) is 11. The van der Waals surface area contributed by atoms with Gasteiger partial charge in [0.2, 0.25) is 27.0 Å². The van der Waals surface area contributed by atoms with Crippen molar-refractivity contribution >= 4 is 127 Å². The number of aromatic nitrogens is 1. The van der Waals surface area contributed by atoms with Gasteiger partial charge in [-0.25, -0.2) is 25.9 Å². The van der Waals surface area contributed by atoms with Gasteiger partial charge in [-0.2, -0.15) is 29.1 Å². The summed E-state index contributed by atoms with van der Waals surface area (Å²) in [5.41, 5.74) is 7.98. The fourth-order valence-corrected chi connectivity index (χ4v) is 20.3. The van der Waals surface area contributed by atoms with Gasteiger partial charge in [-0.15, -0.1) is 0 Å². The molecule has 3 atom stereocenters. The van der Waals surface area contributed by atoms with E-state index < -0.39 is 65.2 Å². The van der Waals surface area contributed by atoms with Gasteiger partial charge in [-0.1, -0.05) is 48.4 Å². The predicted molar refractivity (Wildman–Crippen MR) is 465 cm³/mol. The summed E-state index contributed by atoms with van der Waals surface area (Å²) in [7, 11) is -13.4. The number of hydrogen-bond acceptors (Lipinski definition) is 27. The molecule has 125 heavy (non-hydrogen) atoms. The molecule has 5 aromatic carbocycles. The lowest BCUT2D eigenvalue weighted by molar-refractivity contribution is -0.645. The van der Waals surface area contributed by atoms with Crippen molar-refractivity contribution in [1.29, 1.82) is 0 Å². The van der Waals surface area contributed by atoms with Crippen molar-refractivity contribution in [2.75, 3.05) is 202 Å². The number of carbonyl (C=O) groups excluding carboxylic acids is 8. The van der Waals surface area contributed by atoms with Crippen LogP contribution >= 0.6 is 11.8 Å². The van der Waals surface area contributed by atoms with E-state index in [0.29, 0.717) is 215 Å². The number of Topliss-reactive ketones (excluding diaryl/α,β-unsaturated/α-hetero) is 3. The number of nitrogens with zero attached hydrogens (tertiary/aromatic N) is 5. The number of sulfonamides is 2. The summed E-state index contributed by atoms with van der Waals surface area (Å²) in [5, 5.41) is 7.37. The van der Waals surface area contributed by atoms with E-state index in [4.69, 9.17) is 57.8 Å². The van der Waals surface area contributed by atoms with Crippen LogP contribution in [0.5, 0.6) is 0 Å². The Labute approximate surface area is 734 Å². The van der Waals surface area contributed by atoms with Crippen LogP contribution in [0.15, 0.2) is 101 Å². The summed E-state index contributed by atoms with van der Waals surface area (Å²) in [5.74, 6) is -2.42. The average molecular weight is 1820 g/mol. The predicted octanol–water partition coefficient (Wildman–Crippen LogP) is 7.00. The molecule has 686 valence electrons. The van der Waals surface area contributed by atoms with Crippen molar-refractivity contribution < 1.29 is 125 Å². The zero-order chi connectivity index (χ0) is 89.1. The first-order chi connectivity index (χ1) is 60.3. The lowest BCUT2D eigenvalue weighted by Crippen LogP contribution is -2.54. The van der Waals surface area contributed by atoms with E-state index in [1.807, 2.05) is 23.3 Å². The summed E-state index contributed by atoms with van der Waals surface area (Å²) in [6.07, 6.45) is 6.66. The van der Waals surface area contributed by atoms with Gasteiger partial charge in [-0.3, -0.25) is 43.0 Å². The second kappa shape index (κ2) is 50.6. The maximum absolute atomic E-state index is 15.3. The largest absolute Gasteiger partial charge is 0.397 e. The smallest absolute Gasteiger partial charge is 0.315 e. The molecule has 1 aromatic heterocycles. The van der Waals surface area contributed by atoms with Crippen LogP contribution in [-0.2, 0) is 108 Å². The molecule has 10 rings (SSSR count). The maximum Gasteiger partial charge on any atom is 0.315 e. The number of amides is 6. The number of thioether (sulfide) groups is 1. The Kier molecular flexibility index (Phi) is 40.1. The molecular formula is C87H119N8O26S4+. The number of rotatable bonds is 62. The van der Waals surface area contributed by atoms with Gasteiger partial charge in [0.25, 0.3) is 37.9 Å². The number of imide groups is 1. The third-order valence-electron chi connectivity index (χ3n) is 21.7. The Balaban J connectivity index is 0.520. The number of para-hydroxylation sites is 2. The third-order valence-corrected chi connectivity index (χ3v) is 27.9. The highest BCUT2D eigenvalue weighted by molar-refractivity contribution is 8.00. The van der Waals surface area contributed by atoms with E-state index >= 15 is 4.79 Å². The molecule has 34 nitrogen and oxygen atoms in total. The van der Waals surface area contributed by atoms with Crippen LogP contribution in [0.3, 0.4) is 0 Å². The minimum atomic E-state index is -4.91. The zero-order valence-electron chi connectivity index (χ0n) is 71.3. The van der Waals surface area contributed by atoms with Crippen LogP contribution in [0.25, 0.3) is 32.6 Å². The number of urea groups is 1. The van der Waals surface area contributed by atoms with E-state index in [9.17, 15) is 63.4 Å². The number of pyridine rings is 1. The van der Waals surface area contributed by atoms with E-state index in [0.717, 1.165) is 41.0 Å². The minimum Gasteiger partial charge on any atom is -0.397 e. The molecule has 5 N–H and O–H groups in total. The SMILES string of the molecule is Cc1ccc(S(=O)(=O)N(CCCC(=O)CCCOCCOCCOCCOCCC(=O)CCCOCCOCCOCCOCCOCCOCCOCCCC(=O)CCCCC2SCC3NC(=O)NC32)C(=O)c2c3ccccc3[n+](CCCS(=O)(=O)N3CCN(C(=O)CN4C(=O)c5cc(C)cc6c(N)c(S(=O)(=O)O)cc(c56)C4=O)CC3)c3ccccc23)cc1. The maximum atomic E-state index is 15.3. The molecule has 3 unspecified atom stereocenters. The summed E-state index contributed by atoms with van der Waals surface area (Å²) in [6, 6.07) is 24.3. The Hall–Kier alpha value is -8.13. The van der Waals surface area contributed by atoms with Crippen LogP contribution < -0.4 is 20.9 Å². The second-order valence-corrected chi connectivity index (χ2v) is 37.4. The molecule has 3 saturated heterocycles. The number of fused-ring (bicyclic) bond motifs is 3. The van der Waals surface area contributed by atoms with Gasteiger partial charge in [0.15, 0.2) is 6.54 Å². The van der Waals surface area contributed by atoms with Gasteiger partial charge >= 0.3 is 6.03 Å². The first kappa shape index (κ1) is 99.0. The number of anilines is 1. The van der Waals surface area contributed by atoms with Crippen molar-refractivity contribution in [3.8, 4) is 0 Å². The second-order valence-electron chi connectivity index (χ2n) is 30.8. The van der Waals surface area contributed by atoms with Gasteiger partial charge in [-0.05, 0) is 100 Å². The first-order valence-corrected chi connectivity index (χ1v) is 48.4. The van der Waals surface area contributed by atoms with E-state index in [2.05, 4.69) is 10.6 Å². The number of aryl methyl sites for hydroxylation is 3. The lowest BCUT2D eigenvalue weighted by Gasteiger charge is -2.35. The molecule has 0 bridgehead atoms. The molecule has 0 spiro atoms. The number of nitrogen functional groups attached to an aromatic ring is 1. The number of hydrogen-bond donors (Lipinski definition) is 4. The molecule has 0 saturated carbocycles. The molecule has 5 heterocycles. The fourth-order valence-electron chi connectivity index (χ4n) is 15.2. The van der Waals surface area contributed by atoms with Crippen LogP contribution in [0.4, 0.5) is 10.5 Å². The first-order valence-electron chi connectivity index (χ1n) is 42.8. The number of unbranched alkanes of at least 4 members (excludes halogenated alkanes) is 1. The molecule has 6 aromatic rings. The Morgan fingerprint density at radius 2 is 0.968 bits per heavy atom. The van der Waals surface area contributed by atoms with Crippen molar-refractivity contribution in [1.82, 2.24) is 29.0 Å². The summed E-state index contributed by atoms with van der Waals surface area (Å²) in [6.45, 7) is 10.9. The summed E-state index contributed by atoms with van der Waals surface area (Å²) < 4.78 is 158. The monoisotopic (exact) mass is 1820 g/mol. The minimum absolute atomic E-state index is 0.00790. The van der Waals surface area contributed by atoms with Crippen molar-refractivity contribution in [3.05, 3.63) is 119 Å². The molecule has 38 heteroatoms. The fraction of sp³-hybridized carbons (Fsp3) is 0.575. The molecule has 0 radical (unpaired) electrons. The number of carbonyl (C=O) groups is 8. The van der Waals surface area contributed by atoms with Crippen LogP contribution in [0.1, 0.15) is 132 Å². The highest BCUT2D eigenvalue weighted by Gasteiger charge is 2.44. The average Bonchev–Trinajstić information content (AvgIpc) is 1.16. The van der Waals surface area contributed by atoms with E-state index in [-0.39, 0.29) is 157 Å². The van der Waals surface area contributed by atoms with Gasteiger partial charge < -0.3 is 73.4 Å². The van der Waals surface area contributed by atoms with E-state index in [1.165, 1.54) is 33.5 Å². The third kappa shape index (κ3) is 29.7. The lowest BCUT2D eigenvalue weighted by atomic mass is 9.91. The molecule has 6 amide bonds. The van der Waals surface area contributed by atoms with Crippen LogP contribution in [0.2, 0.25) is 0 Å². The normalized spacial score (nSPS) is 16.2. The summed E-state index contributed by atoms with van der Waals surface area (Å²) >= 11 is 1.90. The highest BCUT2D eigenvalue weighted by atomic mass is 32.2. The molecule has 0 aliphatic carbocycles. The molecule has 4 aliphatic rings. The molecular weight excluding hydrogens is 1700 g/mol. The number of benzene rings is 5. The van der Waals surface area contributed by atoms with Crippen molar-refractivity contribution in [3.63, 3.8) is 0 Å². The van der Waals surface area contributed by atoms with E-state index in [1.54, 1.807) is 67.6 Å². The van der Waals surface area contributed by atoms with Crippen molar-refractivity contribution in [2.24, 2.45) is 0 Å². The summed E-state index contributed by atoms with van der Waals surface area (Å²) in [4.78, 5) is 107. The van der Waals surface area contributed by atoms with Gasteiger partial charge in [0.1, 0.15) is 28.8 Å². The Morgan fingerprint density at radius 1 is 0.512 bits per heavy atom. The molecule has 3 fully saturated rings. The highest BCUT2D eigenvalue weighted by Crippen LogP contribution is 2.39. The zero-order valence-corrected chi connectivity index (χ0v) is 74.6. The Morgan fingerprint density at radius 3 is 1.47 bits per heavy atom. The van der Waals surface area contributed by atoms with Crippen molar-refractivity contribution in [2.45, 2.75) is 137 Å². The van der Waals surface area contributed by atoms with Gasteiger partial charge in [0, 0.05) is 137 Å².